The van der Waals surface area contributed by atoms with Gasteiger partial charge in [0.05, 0.1) is 17.8 Å². The Hall–Kier alpha value is -4.12. The fraction of sp³-hybridized carbons (Fsp3) is 0.208. The van der Waals surface area contributed by atoms with Crippen LogP contribution in [0.4, 0.5) is 13.2 Å². The Kier molecular flexibility index (Phi) is 6.35. The summed E-state index contributed by atoms with van der Waals surface area (Å²) in [7, 11) is 0. The molecule has 8 nitrogen and oxygen atoms in total. The molecule has 0 spiro atoms. The fourth-order valence-electron chi connectivity index (χ4n) is 3.96. The SMILES string of the molecule is O=C(O)C(F)(F)F.[NH3+]C1CCN(C(=O)c2ccc3[nH]c(-c4cc5ccccc5[nH]c4=O)cc3c2)C1. The molecule has 1 fully saturated rings. The summed E-state index contributed by atoms with van der Waals surface area (Å²) in [6.45, 7) is 1.47. The molecule has 1 aliphatic rings. The Morgan fingerprint density at radius 1 is 1.00 bits per heavy atom. The van der Waals surface area contributed by atoms with Crippen LogP contribution < -0.4 is 11.3 Å². The molecule has 11 heteroatoms. The maximum absolute atomic E-state index is 12.7. The molecule has 6 N–H and O–H groups in total. The number of carbonyl (C=O) groups excluding carboxylic acids is 1. The van der Waals surface area contributed by atoms with E-state index in [4.69, 9.17) is 9.90 Å². The number of carbonyl (C=O) groups is 2. The Labute approximate surface area is 196 Å². The number of benzene rings is 2. The zero-order chi connectivity index (χ0) is 25.3. The highest BCUT2D eigenvalue weighted by Crippen LogP contribution is 2.25. The van der Waals surface area contributed by atoms with Gasteiger partial charge in [0.25, 0.3) is 11.5 Å². The van der Waals surface area contributed by atoms with Gasteiger partial charge in [-0.1, -0.05) is 18.2 Å². The molecule has 35 heavy (non-hydrogen) atoms. The van der Waals surface area contributed by atoms with E-state index in [2.05, 4.69) is 15.7 Å². The molecule has 1 unspecified atom stereocenters. The fourth-order valence-corrected chi connectivity index (χ4v) is 3.96. The molecule has 1 amide bonds. The van der Waals surface area contributed by atoms with Crippen molar-refractivity contribution >= 4 is 33.7 Å². The molecular formula is C24H22F3N4O4+. The lowest BCUT2D eigenvalue weighted by Crippen LogP contribution is -2.62. The normalized spacial score (nSPS) is 15.8. The van der Waals surface area contributed by atoms with Crippen LogP contribution in [0.25, 0.3) is 33.1 Å². The molecule has 4 aromatic rings. The zero-order valence-corrected chi connectivity index (χ0v) is 18.4. The average molecular weight is 487 g/mol. The van der Waals surface area contributed by atoms with Gasteiger partial charge in [-0.15, -0.1) is 0 Å². The number of aromatic amines is 2. The first-order valence-electron chi connectivity index (χ1n) is 10.7. The van der Waals surface area contributed by atoms with E-state index in [0.29, 0.717) is 23.7 Å². The summed E-state index contributed by atoms with van der Waals surface area (Å²) in [5.41, 5.74) is 7.62. The van der Waals surface area contributed by atoms with Crippen LogP contribution in [0.1, 0.15) is 16.8 Å². The van der Waals surface area contributed by atoms with E-state index < -0.39 is 12.1 Å². The third kappa shape index (κ3) is 5.19. The summed E-state index contributed by atoms with van der Waals surface area (Å²) in [6.07, 6.45) is -4.13. The number of halogens is 3. The molecule has 1 atom stereocenters. The maximum Gasteiger partial charge on any atom is 0.490 e. The van der Waals surface area contributed by atoms with Crippen molar-refractivity contribution in [3.05, 3.63) is 70.5 Å². The van der Waals surface area contributed by atoms with Gasteiger partial charge in [0.2, 0.25) is 0 Å². The monoisotopic (exact) mass is 487 g/mol. The van der Waals surface area contributed by atoms with E-state index >= 15 is 0 Å². The van der Waals surface area contributed by atoms with Crippen molar-refractivity contribution in [3.8, 4) is 11.3 Å². The highest BCUT2D eigenvalue weighted by molar-refractivity contribution is 5.99. The lowest BCUT2D eigenvalue weighted by atomic mass is 10.1. The van der Waals surface area contributed by atoms with E-state index in [1.54, 1.807) is 0 Å². The molecule has 2 aromatic carbocycles. The molecule has 3 heterocycles. The van der Waals surface area contributed by atoms with Gasteiger partial charge in [0.15, 0.2) is 0 Å². The number of hydrogen-bond acceptors (Lipinski definition) is 3. The van der Waals surface area contributed by atoms with Crippen LogP contribution in [0.2, 0.25) is 0 Å². The van der Waals surface area contributed by atoms with Crippen LogP contribution in [0.3, 0.4) is 0 Å². The second-order valence-corrected chi connectivity index (χ2v) is 8.29. The summed E-state index contributed by atoms with van der Waals surface area (Å²) < 4.78 is 31.7. The van der Waals surface area contributed by atoms with E-state index in [1.165, 1.54) is 0 Å². The Morgan fingerprint density at radius 2 is 1.69 bits per heavy atom. The van der Waals surface area contributed by atoms with Crippen molar-refractivity contribution < 1.29 is 33.6 Å². The van der Waals surface area contributed by atoms with Gasteiger partial charge in [-0.3, -0.25) is 9.59 Å². The highest BCUT2D eigenvalue weighted by Gasteiger charge is 2.38. The molecule has 1 aliphatic heterocycles. The minimum absolute atomic E-state index is 0.0411. The quantitative estimate of drug-likeness (QED) is 0.346. The summed E-state index contributed by atoms with van der Waals surface area (Å²) in [4.78, 5) is 42.3. The van der Waals surface area contributed by atoms with Crippen molar-refractivity contribution in [1.82, 2.24) is 14.9 Å². The molecule has 0 bridgehead atoms. The van der Waals surface area contributed by atoms with Crippen LogP contribution in [0, 0.1) is 0 Å². The zero-order valence-electron chi connectivity index (χ0n) is 18.4. The number of aliphatic carboxylic acids is 1. The number of alkyl halides is 3. The summed E-state index contributed by atoms with van der Waals surface area (Å²) >= 11 is 0. The number of nitrogens with zero attached hydrogens (tertiary/aromatic N) is 1. The molecule has 5 rings (SSSR count). The number of carboxylic acids is 1. The van der Waals surface area contributed by atoms with Gasteiger partial charge in [0, 0.05) is 34.9 Å². The number of carboxylic acid groups (broad SMARTS) is 1. The summed E-state index contributed by atoms with van der Waals surface area (Å²) in [6, 6.07) is 17.5. The lowest BCUT2D eigenvalue weighted by Gasteiger charge is -2.14. The van der Waals surface area contributed by atoms with Crippen LogP contribution in [-0.2, 0) is 4.79 Å². The maximum atomic E-state index is 12.7. The van der Waals surface area contributed by atoms with Crippen molar-refractivity contribution in [1.29, 1.82) is 0 Å². The van der Waals surface area contributed by atoms with Crippen LogP contribution in [0.15, 0.2) is 59.4 Å². The second kappa shape index (κ2) is 9.26. The first kappa shape index (κ1) is 24.0. The minimum Gasteiger partial charge on any atom is -0.475 e. The number of para-hydroxylation sites is 1. The van der Waals surface area contributed by atoms with Crippen molar-refractivity contribution in [2.24, 2.45) is 0 Å². The van der Waals surface area contributed by atoms with E-state index in [-0.39, 0.29) is 11.5 Å². The largest absolute Gasteiger partial charge is 0.490 e. The Morgan fingerprint density at radius 3 is 2.34 bits per heavy atom. The second-order valence-electron chi connectivity index (χ2n) is 8.29. The van der Waals surface area contributed by atoms with Gasteiger partial charge in [-0.25, -0.2) is 4.79 Å². The van der Waals surface area contributed by atoms with Gasteiger partial charge >= 0.3 is 12.1 Å². The highest BCUT2D eigenvalue weighted by atomic mass is 19.4. The molecular weight excluding hydrogens is 465 g/mol. The standard InChI is InChI=1S/C22H20N4O2.C2HF3O2/c23-16-7-8-26(12-16)22(28)14-5-6-19-15(9-14)11-20(24-19)17-10-13-3-1-2-4-18(13)25-21(17)27;3-2(4,5)1(6)7/h1-6,9-11,16,24H,7-8,12,23H2,(H,25,27);(H,6,7)/p+1. The number of aromatic nitrogens is 2. The predicted molar refractivity (Wildman–Crippen MR) is 123 cm³/mol. The summed E-state index contributed by atoms with van der Waals surface area (Å²) in [5, 5.41) is 9.02. The Balaban J connectivity index is 0.000000364. The molecule has 0 saturated carbocycles. The number of likely N-dealkylation sites (tertiary alicyclic amines) is 1. The third-order valence-corrected chi connectivity index (χ3v) is 5.73. The molecule has 0 aliphatic carbocycles. The average Bonchev–Trinajstić information content (AvgIpc) is 3.43. The smallest absolute Gasteiger partial charge is 0.475 e. The number of fused-ring (bicyclic) bond motifs is 2. The van der Waals surface area contributed by atoms with Crippen LogP contribution in [0.5, 0.6) is 0 Å². The molecule has 2 aromatic heterocycles. The van der Waals surface area contributed by atoms with Crippen molar-refractivity contribution in [3.63, 3.8) is 0 Å². The number of quaternary nitrogens is 1. The van der Waals surface area contributed by atoms with Crippen LogP contribution >= 0.6 is 0 Å². The number of pyridine rings is 1. The van der Waals surface area contributed by atoms with Gasteiger partial charge in [-0.2, -0.15) is 13.2 Å². The predicted octanol–water partition coefficient (Wildman–Crippen LogP) is 2.77. The van der Waals surface area contributed by atoms with Gasteiger partial charge in [-0.05, 0) is 41.8 Å². The number of amides is 1. The van der Waals surface area contributed by atoms with E-state index in [9.17, 15) is 22.8 Å². The van der Waals surface area contributed by atoms with Gasteiger partial charge in [0.1, 0.15) is 6.04 Å². The summed E-state index contributed by atoms with van der Waals surface area (Å²) in [5.74, 6) is -2.72. The number of H-pyrrole nitrogens is 2. The van der Waals surface area contributed by atoms with Crippen molar-refractivity contribution in [2.45, 2.75) is 18.6 Å². The van der Waals surface area contributed by atoms with E-state index in [0.717, 1.165) is 40.5 Å². The number of rotatable bonds is 2. The van der Waals surface area contributed by atoms with Crippen molar-refractivity contribution in [2.75, 3.05) is 13.1 Å². The molecule has 1 saturated heterocycles. The molecule has 182 valence electrons. The van der Waals surface area contributed by atoms with Gasteiger partial charge < -0.3 is 25.7 Å². The minimum atomic E-state index is -5.08. The Bertz CT molecular complexity index is 1480. The number of hydrogen-bond donors (Lipinski definition) is 4. The van der Waals surface area contributed by atoms with Crippen LogP contribution in [-0.4, -0.2) is 57.2 Å². The first-order chi connectivity index (χ1) is 16.5. The first-order valence-corrected chi connectivity index (χ1v) is 10.7. The topological polar surface area (TPSA) is 134 Å². The molecule has 0 radical (unpaired) electrons. The van der Waals surface area contributed by atoms with E-state index in [1.807, 2.05) is 59.5 Å². The number of nitrogens with one attached hydrogen (secondary N) is 2. The third-order valence-electron chi connectivity index (χ3n) is 5.73. The lowest BCUT2D eigenvalue weighted by molar-refractivity contribution is -0.413.